The van der Waals surface area contributed by atoms with Crippen LogP contribution in [-0.2, 0) is 9.47 Å². The molecule has 0 aromatic heterocycles. The Kier molecular flexibility index (Phi) is 1.44. The lowest BCUT2D eigenvalue weighted by atomic mass is 9.92. The van der Waals surface area contributed by atoms with Crippen LogP contribution in [-0.4, -0.2) is 38.0 Å². The van der Waals surface area contributed by atoms with Crippen molar-refractivity contribution < 1.29 is 9.47 Å². The number of nitrogens with one attached hydrogen (secondary N) is 1. The predicted octanol–water partition coefficient (Wildman–Crippen LogP) is -0.236. The Balaban J connectivity index is 2.03. The van der Waals surface area contributed by atoms with E-state index in [9.17, 15) is 0 Å². The largest absolute Gasteiger partial charge is 0.375 e. The van der Waals surface area contributed by atoms with Gasteiger partial charge in [0.15, 0.2) is 0 Å². The fourth-order valence-electron chi connectivity index (χ4n) is 1.48. The molecule has 0 amide bonds. The quantitative estimate of drug-likeness (QED) is 0.508. The van der Waals surface area contributed by atoms with Gasteiger partial charge in [0.1, 0.15) is 5.60 Å². The highest BCUT2D eigenvalue weighted by molar-refractivity contribution is 4.98. The average molecular weight is 143 g/mol. The van der Waals surface area contributed by atoms with E-state index >= 15 is 0 Å². The molecule has 1 spiro atoms. The Hall–Kier alpha value is -0.120. The maximum absolute atomic E-state index is 5.63. The molecule has 0 aromatic rings. The predicted molar refractivity (Wildman–Crippen MR) is 37.0 cm³/mol. The van der Waals surface area contributed by atoms with E-state index in [2.05, 4.69) is 12.2 Å². The van der Waals surface area contributed by atoms with Gasteiger partial charge in [-0.2, -0.15) is 0 Å². The molecule has 10 heavy (non-hydrogen) atoms. The van der Waals surface area contributed by atoms with E-state index in [1.165, 1.54) is 0 Å². The molecule has 2 rings (SSSR count). The van der Waals surface area contributed by atoms with Crippen LogP contribution < -0.4 is 5.32 Å². The Morgan fingerprint density at radius 1 is 1.50 bits per heavy atom. The minimum atomic E-state index is 0.0260. The molecule has 1 unspecified atom stereocenters. The molecule has 1 atom stereocenters. The third kappa shape index (κ3) is 0.779. The van der Waals surface area contributed by atoms with E-state index in [1.807, 2.05) is 0 Å². The van der Waals surface area contributed by atoms with Crippen LogP contribution in [0.2, 0.25) is 0 Å². The molecule has 0 aliphatic carbocycles. The van der Waals surface area contributed by atoms with E-state index in [-0.39, 0.29) is 5.60 Å². The van der Waals surface area contributed by atoms with Crippen LogP contribution >= 0.6 is 0 Å². The normalized spacial score (nSPS) is 37.5. The van der Waals surface area contributed by atoms with Crippen LogP contribution in [0.4, 0.5) is 0 Å². The highest BCUT2D eigenvalue weighted by atomic mass is 16.6. The second-order valence-corrected chi connectivity index (χ2v) is 3.08. The first-order valence-electron chi connectivity index (χ1n) is 3.79. The van der Waals surface area contributed by atoms with Gasteiger partial charge in [-0.05, 0) is 6.92 Å². The monoisotopic (exact) mass is 143 g/mol. The molecule has 0 saturated carbocycles. The van der Waals surface area contributed by atoms with Crippen LogP contribution in [0.1, 0.15) is 6.92 Å². The number of rotatable bonds is 0. The summed E-state index contributed by atoms with van der Waals surface area (Å²) in [6.45, 7) is 5.49. The minimum Gasteiger partial charge on any atom is -0.375 e. The van der Waals surface area contributed by atoms with Crippen molar-refractivity contribution >= 4 is 0 Å². The van der Waals surface area contributed by atoms with E-state index in [0.29, 0.717) is 6.04 Å². The summed E-state index contributed by atoms with van der Waals surface area (Å²) in [4.78, 5) is 0. The molecule has 0 bridgehead atoms. The zero-order valence-corrected chi connectivity index (χ0v) is 6.22. The lowest BCUT2D eigenvalue weighted by molar-refractivity contribution is -0.234. The number of morpholine rings is 1. The average Bonchev–Trinajstić information content (AvgIpc) is 1.85. The van der Waals surface area contributed by atoms with Crippen molar-refractivity contribution in [2.75, 3.05) is 26.4 Å². The van der Waals surface area contributed by atoms with E-state index < -0.39 is 0 Å². The summed E-state index contributed by atoms with van der Waals surface area (Å²) >= 11 is 0. The van der Waals surface area contributed by atoms with Crippen LogP contribution in [0.25, 0.3) is 0 Å². The van der Waals surface area contributed by atoms with Crippen molar-refractivity contribution in [3.63, 3.8) is 0 Å². The molecule has 58 valence electrons. The zero-order chi connectivity index (χ0) is 7.03. The van der Waals surface area contributed by atoms with Gasteiger partial charge in [-0.3, -0.25) is 0 Å². The molecule has 1 N–H and O–H groups in total. The molecular weight excluding hydrogens is 130 g/mol. The number of hydrogen-bond donors (Lipinski definition) is 1. The van der Waals surface area contributed by atoms with Gasteiger partial charge in [0.05, 0.1) is 19.8 Å². The number of hydrogen-bond acceptors (Lipinski definition) is 3. The van der Waals surface area contributed by atoms with E-state index in [0.717, 1.165) is 26.4 Å². The fourth-order valence-corrected chi connectivity index (χ4v) is 1.48. The second kappa shape index (κ2) is 2.19. The molecule has 2 aliphatic heterocycles. The third-order valence-corrected chi connectivity index (χ3v) is 2.42. The zero-order valence-electron chi connectivity index (χ0n) is 6.22. The first-order valence-corrected chi connectivity index (χ1v) is 3.79. The summed E-state index contributed by atoms with van der Waals surface area (Å²) in [7, 11) is 0. The topological polar surface area (TPSA) is 30.5 Å². The lowest BCUT2D eigenvalue weighted by Crippen LogP contribution is -2.66. The van der Waals surface area contributed by atoms with Gasteiger partial charge >= 0.3 is 0 Å². The van der Waals surface area contributed by atoms with Gasteiger partial charge in [-0.25, -0.2) is 0 Å². The van der Waals surface area contributed by atoms with Gasteiger partial charge in [-0.1, -0.05) is 0 Å². The Bertz CT molecular complexity index is 134. The molecule has 2 saturated heterocycles. The van der Waals surface area contributed by atoms with Crippen molar-refractivity contribution in [1.82, 2.24) is 5.32 Å². The van der Waals surface area contributed by atoms with Gasteiger partial charge < -0.3 is 14.8 Å². The smallest absolute Gasteiger partial charge is 0.130 e. The standard InChI is InChI=1S/C7H13NO2/c1-6-7(4-9-5-7)10-3-2-8-6/h6,8H,2-5H2,1H3. The molecular formula is C7H13NO2. The van der Waals surface area contributed by atoms with Gasteiger partial charge in [-0.15, -0.1) is 0 Å². The Labute approximate surface area is 60.7 Å². The van der Waals surface area contributed by atoms with Crippen molar-refractivity contribution in [2.24, 2.45) is 0 Å². The summed E-state index contributed by atoms with van der Waals surface area (Å²) < 4.78 is 10.7. The molecule has 3 nitrogen and oxygen atoms in total. The first-order chi connectivity index (χ1) is 4.83. The summed E-state index contributed by atoms with van der Waals surface area (Å²) in [5, 5.41) is 3.37. The molecule has 2 aliphatic rings. The molecule has 0 radical (unpaired) electrons. The van der Waals surface area contributed by atoms with Gasteiger partial charge in [0.2, 0.25) is 0 Å². The lowest BCUT2D eigenvalue weighted by Gasteiger charge is -2.48. The van der Waals surface area contributed by atoms with Crippen LogP contribution in [0.3, 0.4) is 0 Å². The summed E-state index contributed by atoms with van der Waals surface area (Å²) in [5.74, 6) is 0. The van der Waals surface area contributed by atoms with E-state index in [1.54, 1.807) is 0 Å². The van der Waals surface area contributed by atoms with Crippen molar-refractivity contribution in [2.45, 2.75) is 18.6 Å². The highest BCUT2D eigenvalue weighted by Gasteiger charge is 2.46. The van der Waals surface area contributed by atoms with Crippen LogP contribution in [0.5, 0.6) is 0 Å². The highest BCUT2D eigenvalue weighted by Crippen LogP contribution is 2.27. The first kappa shape index (κ1) is 6.58. The Morgan fingerprint density at radius 3 is 2.70 bits per heavy atom. The molecule has 2 fully saturated rings. The minimum absolute atomic E-state index is 0.0260. The number of ether oxygens (including phenoxy) is 2. The summed E-state index contributed by atoms with van der Waals surface area (Å²) in [6.07, 6.45) is 0. The van der Waals surface area contributed by atoms with Crippen LogP contribution in [0, 0.1) is 0 Å². The van der Waals surface area contributed by atoms with Gasteiger partial charge in [0, 0.05) is 12.6 Å². The fraction of sp³-hybridized carbons (Fsp3) is 1.00. The maximum Gasteiger partial charge on any atom is 0.130 e. The summed E-state index contributed by atoms with van der Waals surface area (Å²) in [5.41, 5.74) is 0.0260. The molecule has 0 aromatic carbocycles. The maximum atomic E-state index is 5.63. The van der Waals surface area contributed by atoms with Crippen molar-refractivity contribution in [3.05, 3.63) is 0 Å². The van der Waals surface area contributed by atoms with Gasteiger partial charge in [0.25, 0.3) is 0 Å². The third-order valence-electron chi connectivity index (χ3n) is 2.42. The van der Waals surface area contributed by atoms with E-state index in [4.69, 9.17) is 9.47 Å². The van der Waals surface area contributed by atoms with Crippen LogP contribution in [0.15, 0.2) is 0 Å². The second-order valence-electron chi connectivity index (χ2n) is 3.08. The SMILES string of the molecule is CC1NCCOC12COC2. The molecule has 3 heteroatoms. The van der Waals surface area contributed by atoms with Crippen molar-refractivity contribution in [3.8, 4) is 0 Å². The van der Waals surface area contributed by atoms with Crippen molar-refractivity contribution in [1.29, 1.82) is 0 Å². The molecule has 2 heterocycles. The summed E-state index contributed by atoms with van der Waals surface area (Å²) in [6, 6.07) is 0.454. The Morgan fingerprint density at radius 2 is 2.30 bits per heavy atom.